The third-order valence-corrected chi connectivity index (χ3v) is 7.76. The fourth-order valence-corrected chi connectivity index (χ4v) is 5.84. The van der Waals surface area contributed by atoms with Crippen LogP contribution < -0.4 is 16.0 Å². The number of halogens is 5. The number of hydrogen-bond acceptors (Lipinski definition) is 4. The molecular weight excluding hydrogens is 584 g/mol. The molecule has 0 unspecified atom stereocenters. The molecular formula is C25H14Cl5N3O4. The first kappa shape index (κ1) is 25.8. The molecule has 37 heavy (non-hydrogen) atoms. The molecule has 5 rings (SSSR count). The Labute approximate surface area is 235 Å². The first-order chi connectivity index (χ1) is 17.5. The maximum absolute atomic E-state index is 13.0. The van der Waals surface area contributed by atoms with Gasteiger partial charge >= 0.3 is 0 Å². The zero-order chi connectivity index (χ0) is 26.6. The van der Waals surface area contributed by atoms with Gasteiger partial charge in [0.25, 0.3) is 17.7 Å². The van der Waals surface area contributed by atoms with Gasteiger partial charge < -0.3 is 10.6 Å². The van der Waals surface area contributed by atoms with Crippen molar-refractivity contribution in [2.45, 2.75) is 10.3 Å². The maximum atomic E-state index is 13.0. The van der Waals surface area contributed by atoms with E-state index in [1.165, 1.54) is 36.4 Å². The summed E-state index contributed by atoms with van der Waals surface area (Å²) < 4.78 is -1.37. The molecule has 1 saturated carbocycles. The number of alkyl halides is 2. The van der Waals surface area contributed by atoms with Gasteiger partial charge in [0.2, 0.25) is 5.91 Å². The van der Waals surface area contributed by atoms with E-state index in [0.717, 1.165) is 0 Å². The van der Waals surface area contributed by atoms with Crippen LogP contribution in [0.15, 0.2) is 54.6 Å². The summed E-state index contributed by atoms with van der Waals surface area (Å²) in [5.74, 6) is -3.43. The average Bonchev–Trinajstić information content (AvgIpc) is 3.29. The van der Waals surface area contributed by atoms with E-state index >= 15 is 0 Å². The maximum Gasteiger partial charge on any atom is 0.259 e. The summed E-state index contributed by atoms with van der Waals surface area (Å²) in [6.45, 7) is 0. The van der Waals surface area contributed by atoms with Gasteiger partial charge in [-0.1, -0.05) is 34.8 Å². The monoisotopic (exact) mass is 595 g/mol. The van der Waals surface area contributed by atoms with Crippen molar-refractivity contribution in [2.24, 2.45) is 5.92 Å². The summed E-state index contributed by atoms with van der Waals surface area (Å²) in [6.07, 6.45) is 0. The molecule has 188 valence electrons. The van der Waals surface area contributed by atoms with E-state index in [1.54, 1.807) is 18.2 Å². The molecule has 0 bridgehead atoms. The summed E-state index contributed by atoms with van der Waals surface area (Å²) in [7, 11) is 0. The molecule has 0 aromatic heterocycles. The highest BCUT2D eigenvalue weighted by molar-refractivity contribution is 6.53. The zero-order valence-electron chi connectivity index (χ0n) is 18.4. The molecule has 1 heterocycles. The number of rotatable bonds is 5. The normalized spacial score (nSPS) is 19.2. The van der Waals surface area contributed by atoms with E-state index in [0.29, 0.717) is 15.6 Å². The first-order valence-corrected chi connectivity index (χ1v) is 12.6. The van der Waals surface area contributed by atoms with Crippen LogP contribution in [-0.2, 0) is 4.79 Å². The Morgan fingerprint density at radius 3 is 2.11 bits per heavy atom. The number of fused-ring (bicyclic) bond motifs is 1. The molecule has 2 aliphatic rings. The van der Waals surface area contributed by atoms with Crippen LogP contribution in [0.4, 0.5) is 11.4 Å². The number of hydrogen-bond donors (Lipinski definition) is 3. The highest BCUT2D eigenvalue weighted by atomic mass is 35.5. The summed E-state index contributed by atoms with van der Waals surface area (Å²) in [5.41, 5.74) is 1.65. The Kier molecular flexibility index (Phi) is 6.63. The number of amides is 4. The largest absolute Gasteiger partial charge is 0.326 e. The predicted octanol–water partition coefficient (Wildman–Crippen LogP) is 6.31. The van der Waals surface area contributed by atoms with Crippen molar-refractivity contribution in [1.82, 2.24) is 5.32 Å². The van der Waals surface area contributed by atoms with Crippen molar-refractivity contribution in [3.8, 4) is 0 Å². The first-order valence-electron chi connectivity index (χ1n) is 10.7. The lowest BCUT2D eigenvalue weighted by Crippen LogP contribution is -2.19. The van der Waals surface area contributed by atoms with Crippen LogP contribution in [0.2, 0.25) is 15.1 Å². The van der Waals surface area contributed by atoms with Gasteiger partial charge in [0.1, 0.15) is 4.33 Å². The lowest BCUT2D eigenvalue weighted by atomic mass is 10.1. The van der Waals surface area contributed by atoms with Crippen LogP contribution in [0.3, 0.4) is 0 Å². The minimum atomic E-state index is -1.37. The van der Waals surface area contributed by atoms with E-state index in [4.69, 9.17) is 58.0 Å². The summed E-state index contributed by atoms with van der Waals surface area (Å²) >= 11 is 31.2. The Morgan fingerprint density at radius 1 is 0.784 bits per heavy atom. The number of carbonyl (C=O) groups is 4. The van der Waals surface area contributed by atoms with Gasteiger partial charge in [0, 0.05) is 27.3 Å². The smallest absolute Gasteiger partial charge is 0.259 e. The van der Waals surface area contributed by atoms with Gasteiger partial charge in [-0.05, 0) is 60.2 Å². The lowest BCUT2D eigenvalue weighted by Gasteiger charge is -2.11. The Hall–Kier alpha value is -2.81. The van der Waals surface area contributed by atoms with Crippen molar-refractivity contribution >= 4 is 93.0 Å². The van der Waals surface area contributed by atoms with Crippen LogP contribution in [0.1, 0.15) is 42.6 Å². The molecule has 3 N–H and O–H groups in total. The van der Waals surface area contributed by atoms with E-state index < -0.39 is 39.8 Å². The van der Waals surface area contributed by atoms with Crippen LogP contribution in [0, 0.1) is 5.92 Å². The number of imide groups is 1. The number of carbonyl (C=O) groups excluding carboxylic acids is 4. The topological polar surface area (TPSA) is 104 Å². The predicted molar refractivity (Wildman–Crippen MR) is 143 cm³/mol. The second kappa shape index (κ2) is 9.49. The van der Waals surface area contributed by atoms with Gasteiger partial charge in [-0.15, -0.1) is 23.2 Å². The minimum absolute atomic E-state index is 0.0671. The molecule has 4 amide bonds. The van der Waals surface area contributed by atoms with E-state index in [1.807, 2.05) is 0 Å². The standard InChI is InChI=1S/C25H14Cl5N3O4/c26-11-5-10(6-12(27)7-11)19-20(25(19,29)30)24(37)32-14-2-4-18(28)17(9-14)23(36)31-13-1-3-15-16(8-13)22(35)33-21(15)34/h1-9,19-20H,(H,31,36)(H,32,37)(H,33,34,35)/t19-,20+/m1/s1. The van der Waals surface area contributed by atoms with Crippen LogP contribution in [0.25, 0.3) is 0 Å². The SMILES string of the molecule is O=C(Nc1ccc2c(c1)C(=O)NC2=O)c1cc(NC(=O)[C@@H]2[C@@H](c3cc(Cl)cc(Cl)c3)C2(Cl)Cl)ccc1Cl. The van der Waals surface area contributed by atoms with Gasteiger partial charge in [0.15, 0.2) is 0 Å². The molecule has 3 aromatic carbocycles. The third-order valence-electron chi connectivity index (χ3n) is 6.05. The second-order valence-electron chi connectivity index (χ2n) is 8.51. The van der Waals surface area contributed by atoms with Crippen LogP contribution >= 0.6 is 58.0 Å². The summed E-state index contributed by atoms with van der Waals surface area (Å²) in [5, 5.41) is 8.45. The molecule has 0 saturated heterocycles. The van der Waals surface area contributed by atoms with Gasteiger partial charge in [-0.25, -0.2) is 0 Å². The highest BCUT2D eigenvalue weighted by Gasteiger charge is 2.67. The number of benzene rings is 3. The van der Waals surface area contributed by atoms with E-state index in [-0.39, 0.29) is 33.1 Å². The van der Waals surface area contributed by atoms with Gasteiger partial charge in [-0.2, -0.15) is 0 Å². The quantitative estimate of drug-likeness (QED) is 0.237. The minimum Gasteiger partial charge on any atom is -0.326 e. The lowest BCUT2D eigenvalue weighted by molar-refractivity contribution is -0.117. The van der Waals surface area contributed by atoms with E-state index in [2.05, 4.69) is 16.0 Å². The fourth-order valence-electron chi connectivity index (χ4n) is 4.26. The Bertz CT molecular complexity index is 1500. The molecule has 7 nitrogen and oxygen atoms in total. The van der Waals surface area contributed by atoms with Crippen molar-refractivity contribution in [3.05, 3.63) is 91.9 Å². The average molecular weight is 598 g/mol. The molecule has 1 aliphatic carbocycles. The van der Waals surface area contributed by atoms with Crippen molar-refractivity contribution in [1.29, 1.82) is 0 Å². The van der Waals surface area contributed by atoms with Gasteiger partial charge in [0.05, 0.1) is 27.6 Å². The molecule has 3 aromatic rings. The fraction of sp³-hybridized carbons (Fsp3) is 0.120. The molecule has 12 heteroatoms. The second-order valence-corrected chi connectivity index (χ2v) is 11.2. The van der Waals surface area contributed by atoms with Crippen molar-refractivity contribution in [2.75, 3.05) is 10.6 Å². The molecule has 0 radical (unpaired) electrons. The van der Waals surface area contributed by atoms with Crippen LogP contribution in [-0.4, -0.2) is 28.0 Å². The molecule has 0 spiro atoms. The van der Waals surface area contributed by atoms with Crippen LogP contribution in [0.5, 0.6) is 0 Å². The summed E-state index contributed by atoms with van der Waals surface area (Å²) in [4.78, 5) is 49.6. The number of nitrogens with one attached hydrogen (secondary N) is 3. The zero-order valence-corrected chi connectivity index (χ0v) is 22.2. The third kappa shape index (κ3) is 4.90. The molecule has 1 aliphatic heterocycles. The molecule has 1 fully saturated rings. The van der Waals surface area contributed by atoms with Crippen molar-refractivity contribution in [3.63, 3.8) is 0 Å². The van der Waals surface area contributed by atoms with Gasteiger partial charge in [-0.3, -0.25) is 24.5 Å². The Morgan fingerprint density at radius 2 is 1.41 bits per heavy atom. The highest BCUT2D eigenvalue weighted by Crippen LogP contribution is 2.65. The number of anilines is 2. The van der Waals surface area contributed by atoms with Crippen molar-refractivity contribution < 1.29 is 19.2 Å². The molecule has 2 atom stereocenters. The summed E-state index contributed by atoms with van der Waals surface area (Å²) in [6, 6.07) is 13.6. The van der Waals surface area contributed by atoms with E-state index in [9.17, 15) is 19.2 Å². The Balaban J connectivity index is 1.32.